The lowest BCUT2D eigenvalue weighted by molar-refractivity contribution is -0.122. The second-order valence-electron chi connectivity index (χ2n) is 10.5. The van der Waals surface area contributed by atoms with E-state index in [0.29, 0.717) is 28.3 Å². The van der Waals surface area contributed by atoms with Crippen molar-refractivity contribution in [2.45, 2.75) is 23.6 Å². The van der Waals surface area contributed by atoms with Crippen LogP contribution in [0.5, 0.6) is 0 Å². The molecule has 0 heterocycles. The Labute approximate surface area is 256 Å². The number of rotatable bonds is 10. The highest BCUT2D eigenvalue weighted by Gasteiger charge is 2.52. The van der Waals surface area contributed by atoms with Crippen molar-refractivity contribution < 1.29 is 26.4 Å². The minimum atomic E-state index is -3.77. The van der Waals surface area contributed by atoms with Gasteiger partial charge < -0.3 is 10.6 Å². The van der Waals surface area contributed by atoms with E-state index in [4.69, 9.17) is 0 Å². The van der Waals surface area contributed by atoms with Crippen molar-refractivity contribution >= 4 is 54.6 Å². The van der Waals surface area contributed by atoms with Crippen molar-refractivity contribution in [3.8, 4) is 0 Å². The number of nitrogens with one attached hydrogen (secondary N) is 4. The molecule has 0 spiro atoms. The molecule has 5 rings (SSSR count). The van der Waals surface area contributed by atoms with E-state index in [9.17, 15) is 26.4 Å². The lowest BCUT2D eigenvalue weighted by Gasteiger charge is -2.10. The third-order valence-corrected chi connectivity index (χ3v) is 9.85. The molecule has 2 atom stereocenters. The number of sulfonamides is 2. The second kappa shape index (κ2) is 12.0. The molecule has 2 unspecified atom stereocenters. The highest BCUT2D eigenvalue weighted by Crippen LogP contribution is 2.45. The van der Waals surface area contributed by atoms with Gasteiger partial charge >= 0.3 is 0 Å². The Bertz CT molecular complexity index is 1800. The Hall–Kier alpha value is -4.94. The fourth-order valence-electron chi connectivity index (χ4n) is 4.50. The maximum Gasteiger partial charge on any atom is 0.261 e. The van der Waals surface area contributed by atoms with Crippen LogP contribution >= 0.6 is 0 Å². The molecule has 12 heteroatoms. The zero-order chi connectivity index (χ0) is 31.6. The normalized spacial score (nSPS) is 16.1. The van der Waals surface area contributed by atoms with Crippen LogP contribution in [0.4, 0.5) is 22.7 Å². The van der Waals surface area contributed by atoms with Gasteiger partial charge in [0.15, 0.2) is 0 Å². The molecule has 4 aromatic carbocycles. The summed E-state index contributed by atoms with van der Waals surface area (Å²) in [4.78, 5) is 26.0. The molecular formula is C32H30N4O6S2. The summed E-state index contributed by atoms with van der Waals surface area (Å²) < 4.78 is 55.5. The Kier molecular flexibility index (Phi) is 8.31. The van der Waals surface area contributed by atoms with Crippen LogP contribution in [0.1, 0.15) is 11.1 Å². The van der Waals surface area contributed by atoms with Crippen LogP contribution in [0.25, 0.3) is 0 Å². The molecule has 2 amide bonds. The predicted molar refractivity (Wildman–Crippen MR) is 170 cm³/mol. The standard InChI is InChI=1S/C32H30N4O6S2/c1-20-4-16-27(17-5-20)43(39,40)35-25-12-8-23(9-13-25)33-31(37)29-22(3)30(29)32(38)34-24-10-14-26(15-11-24)36-44(41,42)28-18-6-21(2)7-19-28/h4-19,29-30,35-36H,3H2,1-2H3,(H,33,37)(H,34,38). The average molecular weight is 631 g/mol. The summed E-state index contributed by atoms with van der Waals surface area (Å²) in [5, 5.41) is 5.47. The van der Waals surface area contributed by atoms with Gasteiger partial charge in [0, 0.05) is 22.7 Å². The van der Waals surface area contributed by atoms with Gasteiger partial charge in [0.2, 0.25) is 11.8 Å². The van der Waals surface area contributed by atoms with Crippen molar-refractivity contribution in [3.05, 3.63) is 120 Å². The van der Waals surface area contributed by atoms with Crippen molar-refractivity contribution in [2.75, 3.05) is 20.1 Å². The molecule has 1 saturated carbocycles. The van der Waals surface area contributed by atoms with Crippen LogP contribution < -0.4 is 20.1 Å². The van der Waals surface area contributed by atoms with Gasteiger partial charge in [-0.15, -0.1) is 0 Å². The van der Waals surface area contributed by atoms with E-state index < -0.39 is 43.7 Å². The summed E-state index contributed by atoms with van der Waals surface area (Å²) in [6.07, 6.45) is 0. The second-order valence-corrected chi connectivity index (χ2v) is 13.9. The predicted octanol–water partition coefficient (Wildman–Crippen LogP) is 5.28. The number of amides is 2. The molecule has 0 radical (unpaired) electrons. The number of benzene rings is 4. The smallest absolute Gasteiger partial charge is 0.261 e. The number of anilines is 4. The van der Waals surface area contributed by atoms with E-state index in [1.54, 1.807) is 48.5 Å². The molecule has 4 aromatic rings. The SMILES string of the molecule is C=C1C(C(=O)Nc2ccc(NS(=O)(=O)c3ccc(C)cc3)cc2)C1C(=O)Nc1ccc(NS(=O)(=O)c2ccc(C)cc2)cc1. The van der Waals surface area contributed by atoms with Crippen molar-refractivity contribution in [3.63, 3.8) is 0 Å². The molecule has 1 aliphatic carbocycles. The average Bonchev–Trinajstić information content (AvgIpc) is 3.66. The van der Waals surface area contributed by atoms with E-state index >= 15 is 0 Å². The number of hydrogen-bond acceptors (Lipinski definition) is 6. The zero-order valence-electron chi connectivity index (χ0n) is 23.9. The van der Waals surface area contributed by atoms with E-state index in [1.165, 1.54) is 48.5 Å². The largest absolute Gasteiger partial charge is 0.326 e. The van der Waals surface area contributed by atoms with Crippen LogP contribution in [0.3, 0.4) is 0 Å². The molecular weight excluding hydrogens is 601 g/mol. The third-order valence-electron chi connectivity index (χ3n) is 7.06. The summed E-state index contributed by atoms with van der Waals surface area (Å²) >= 11 is 0. The summed E-state index contributed by atoms with van der Waals surface area (Å²) in [5.41, 5.74) is 3.85. The van der Waals surface area contributed by atoms with Gasteiger partial charge in [-0.25, -0.2) is 16.8 Å². The quantitative estimate of drug-likeness (QED) is 0.175. The molecule has 1 aliphatic rings. The highest BCUT2D eigenvalue weighted by molar-refractivity contribution is 7.93. The molecule has 226 valence electrons. The lowest BCUT2D eigenvalue weighted by atomic mass is 10.2. The van der Waals surface area contributed by atoms with Crippen LogP contribution in [0.15, 0.2) is 119 Å². The van der Waals surface area contributed by atoms with Crippen LogP contribution in [-0.2, 0) is 29.6 Å². The number of hydrogen-bond donors (Lipinski definition) is 4. The summed E-state index contributed by atoms with van der Waals surface area (Å²) in [5.74, 6) is -2.28. The van der Waals surface area contributed by atoms with Crippen molar-refractivity contribution in [1.82, 2.24) is 0 Å². The Morgan fingerprint density at radius 1 is 0.523 bits per heavy atom. The third kappa shape index (κ3) is 6.99. The van der Waals surface area contributed by atoms with Crippen molar-refractivity contribution in [1.29, 1.82) is 0 Å². The Morgan fingerprint density at radius 2 is 0.818 bits per heavy atom. The minimum absolute atomic E-state index is 0.135. The van der Waals surface area contributed by atoms with E-state index in [-0.39, 0.29) is 9.79 Å². The summed E-state index contributed by atoms with van der Waals surface area (Å²) in [7, 11) is -7.53. The fraction of sp³-hybridized carbons (Fsp3) is 0.125. The zero-order valence-corrected chi connectivity index (χ0v) is 25.5. The van der Waals surface area contributed by atoms with Gasteiger partial charge in [0.25, 0.3) is 20.0 Å². The molecule has 1 fully saturated rings. The number of aryl methyl sites for hydroxylation is 2. The molecule has 10 nitrogen and oxygen atoms in total. The Balaban J connectivity index is 1.14. The van der Waals surface area contributed by atoms with E-state index in [1.807, 2.05) is 13.8 Å². The Morgan fingerprint density at radius 3 is 1.14 bits per heavy atom. The molecule has 44 heavy (non-hydrogen) atoms. The fourth-order valence-corrected chi connectivity index (χ4v) is 6.62. The molecule has 0 aliphatic heterocycles. The summed E-state index contributed by atoms with van der Waals surface area (Å²) in [6, 6.07) is 25.3. The molecule has 4 N–H and O–H groups in total. The van der Waals surface area contributed by atoms with E-state index in [0.717, 1.165) is 11.1 Å². The molecule has 0 saturated heterocycles. The number of carbonyl (C=O) groups excluding carboxylic acids is 2. The first-order valence-electron chi connectivity index (χ1n) is 13.5. The highest BCUT2D eigenvalue weighted by atomic mass is 32.2. The minimum Gasteiger partial charge on any atom is -0.326 e. The number of carbonyl (C=O) groups is 2. The van der Waals surface area contributed by atoms with Crippen LogP contribution in [0, 0.1) is 25.7 Å². The van der Waals surface area contributed by atoms with Gasteiger partial charge in [0.1, 0.15) is 0 Å². The first-order valence-corrected chi connectivity index (χ1v) is 16.5. The maximum atomic E-state index is 12.9. The maximum absolute atomic E-state index is 12.9. The van der Waals surface area contributed by atoms with Gasteiger partial charge in [-0.05, 0) is 86.6 Å². The van der Waals surface area contributed by atoms with Crippen LogP contribution in [-0.4, -0.2) is 28.6 Å². The topological polar surface area (TPSA) is 151 Å². The monoisotopic (exact) mass is 630 g/mol. The first kappa shape index (κ1) is 30.5. The van der Waals surface area contributed by atoms with Gasteiger partial charge in [-0.1, -0.05) is 47.5 Å². The van der Waals surface area contributed by atoms with Gasteiger partial charge in [-0.3, -0.25) is 19.0 Å². The summed E-state index contributed by atoms with van der Waals surface area (Å²) in [6.45, 7) is 7.59. The van der Waals surface area contributed by atoms with Gasteiger partial charge in [0.05, 0.1) is 21.6 Å². The first-order chi connectivity index (χ1) is 20.8. The lowest BCUT2D eigenvalue weighted by Crippen LogP contribution is -2.20. The van der Waals surface area contributed by atoms with Crippen molar-refractivity contribution in [2.24, 2.45) is 11.8 Å². The van der Waals surface area contributed by atoms with Gasteiger partial charge in [-0.2, -0.15) is 0 Å². The molecule has 0 bridgehead atoms. The molecule has 0 aromatic heterocycles. The van der Waals surface area contributed by atoms with Crippen LogP contribution in [0.2, 0.25) is 0 Å². The van der Waals surface area contributed by atoms with E-state index in [2.05, 4.69) is 26.7 Å².